The van der Waals surface area contributed by atoms with Crippen molar-refractivity contribution in [3.63, 3.8) is 0 Å². The number of para-hydroxylation sites is 2. The summed E-state index contributed by atoms with van der Waals surface area (Å²) in [6, 6.07) is 9.38. The first-order valence-electron chi connectivity index (χ1n) is 12.1. The molecule has 0 atom stereocenters. The summed E-state index contributed by atoms with van der Waals surface area (Å²) in [4.78, 5) is 0. The summed E-state index contributed by atoms with van der Waals surface area (Å²) in [5, 5.41) is 0. The molecule has 0 heterocycles. The fourth-order valence-corrected chi connectivity index (χ4v) is 19.8. The van der Waals surface area contributed by atoms with E-state index in [1.165, 1.54) is 36.4 Å². The summed E-state index contributed by atoms with van der Waals surface area (Å²) in [6.07, 6.45) is -4.87. The molecular formula is C29H28F6O2Zr. The van der Waals surface area contributed by atoms with Gasteiger partial charge >= 0.3 is 220 Å². The maximum absolute atomic E-state index is 14.1. The Hall–Kier alpha value is -2.67. The Morgan fingerprint density at radius 1 is 0.632 bits per heavy atom. The number of allylic oxidation sites excluding steroid dienone is 8. The molecule has 9 heteroatoms. The zero-order chi connectivity index (χ0) is 28.1. The van der Waals surface area contributed by atoms with E-state index in [1.807, 2.05) is 12.2 Å². The third-order valence-corrected chi connectivity index (χ3v) is 19.3. The van der Waals surface area contributed by atoms with Gasteiger partial charge in [0.25, 0.3) is 0 Å². The molecule has 0 amide bonds. The van der Waals surface area contributed by atoms with Gasteiger partial charge < -0.3 is 0 Å². The molecule has 202 valence electrons. The summed E-state index contributed by atoms with van der Waals surface area (Å²) < 4.78 is 103. The van der Waals surface area contributed by atoms with Crippen LogP contribution in [0.4, 0.5) is 26.3 Å². The molecule has 0 bridgehead atoms. The molecular weight excluding hydrogens is 586 g/mol. The van der Waals surface area contributed by atoms with Gasteiger partial charge in [-0.3, -0.25) is 0 Å². The summed E-state index contributed by atoms with van der Waals surface area (Å²) in [7, 11) is 0. The molecule has 0 aromatic heterocycles. The Bertz CT molecular complexity index is 1370. The van der Waals surface area contributed by atoms with Crippen LogP contribution < -0.4 is 5.63 Å². The molecule has 0 spiro atoms. The average molecular weight is 614 g/mol. The Balaban J connectivity index is 2.15. The van der Waals surface area contributed by atoms with Crippen molar-refractivity contribution in [3.8, 4) is 11.5 Å². The van der Waals surface area contributed by atoms with Crippen LogP contribution in [0.2, 0.25) is 0 Å². The van der Waals surface area contributed by atoms with E-state index in [1.54, 1.807) is 27.7 Å². The third kappa shape index (κ3) is 4.79. The summed E-state index contributed by atoms with van der Waals surface area (Å²) in [5.74, 6) is -1.05. The van der Waals surface area contributed by atoms with Crippen LogP contribution in [0.25, 0.3) is 0 Å². The van der Waals surface area contributed by atoms with Crippen LogP contribution in [0.15, 0.2) is 89.5 Å². The van der Waals surface area contributed by atoms with Gasteiger partial charge in [0, 0.05) is 0 Å². The first-order chi connectivity index (χ1) is 17.6. The van der Waals surface area contributed by atoms with Gasteiger partial charge in [-0.15, -0.1) is 0 Å². The van der Waals surface area contributed by atoms with Crippen molar-refractivity contribution in [1.82, 2.24) is 0 Å². The van der Waals surface area contributed by atoms with Gasteiger partial charge in [-0.25, -0.2) is 0 Å². The van der Waals surface area contributed by atoms with Crippen LogP contribution in [0.3, 0.4) is 0 Å². The molecule has 0 saturated heterocycles. The van der Waals surface area contributed by atoms with E-state index < -0.39 is 54.2 Å². The van der Waals surface area contributed by atoms with E-state index in [2.05, 4.69) is 4.21 Å². The van der Waals surface area contributed by atoms with Crippen LogP contribution in [-0.2, 0) is 31.5 Å². The number of rotatable bonds is 6. The van der Waals surface area contributed by atoms with Crippen LogP contribution in [0, 0.1) is 0 Å². The second-order valence-electron chi connectivity index (χ2n) is 9.94. The first kappa shape index (κ1) is 28.3. The molecule has 2 nitrogen and oxygen atoms in total. The predicted molar refractivity (Wildman–Crippen MR) is 133 cm³/mol. The molecule has 2 aliphatic carbocycles. The van der Waals surface area contributed by atoms with Crippen molar-refractivity contribution >= 4 is 4.21 Å². The number of hydrogen-bond acceptors (Lipinski definition) is 2. The molecule has 4 rings (SSSR count). The minimum atomic E-state index is -6.35. The molecule has 2 aliphatic rings. The van der Waals surface area contributed by atoms with Gasteiger partial charge in [-0.1, -0.05) is 0 Å². The van der Waals surface area contributed by atoms with Gasteiger partial charge in [0.15, 0.2) is 0 Å². The van der Waals surface area contributed by atoms with E-state index in [-0.39, 0.29) is 0 Å². The molecule has 0 N–H and O–H groups in total. The molecule has 0 radical (unpaired) electrons. The standard InChI is InChI=1S/2C7H5F3O.2C7H9.CH2.Zr/c2*8-7(9,10)5-3-1-2-4-6(5)11;2*1-6-3-4-7(2)5-6;;/h2*1-4,11H;2*3H,4H2,1-2H3;1H2;/q;;;;;+2/p-2. The monoisotopic (exact) mass is 612 g/mol. The van der Waals surface area contributed by atoms with Crippen molar-refractivity contribution in [2.24, 2.45) is 0 Å². The Labute approximate surface area is 219 Å². The zero-order valence-corrected chi connectivity index (χ0v) is 23.9. The van der Waals surface area contributed by atoms with Crippen LogP contribution in [0.1, 0.15) is 51.7 Å². The molecule has 0 aliphatic heterocycles. The second-order valence-corrected chi connectivity index (χ2v) is 19.6. The van der Waals surface area contributed by atoms with E-state index in [0.717, 1.165) is 23.3 Å². The van der Waals surface area contributed by atoms with Crippen molar-refractivity contribution in [2.75, 3.05) is 0 Å². The molecule has 2 aromatic carbocycles. The van der Waals surface area contributed by atoms with Crippen LogP contribution in [-0.4, -0.2) is 4.21 Å². The Kier molecular flexibility index (Phi) is 7.09. The summed E-state index contributed by atoms with van der Waals surface area (Å²) in [6.45, 7) is 7.13. The van der Waals surface area contributed by atoms with Crippen molar-refractivity contribution in [1.29, 1.82) is 0 Å². The molecule has 38 heavy (non-hydrogen) atoms. The molecule has 0 unspecified atom stereocenters. The van der Waals surface area contributed by atoms with Gasteiger partial charge in [0.2, 0.25) is 0 Å². The van der Waals surface area contributed by atoms with E-state index in [0.29, 0.717) is 30.5 Å². The fourth-order valence-electron chi connectivity index (χ4n) is 5.75. The summed E-state index contributed by atoms with van der Waals surface area (Å²) in [5.41, 5.74) is 0.753. The maximum atomic E-state index is 14.1. The van der Waals surface area contributed by atoms with Gasteiger partial charge in [-0.2, -0.15) is 0 Å². The van der Waals surface area contributed by atoms with Gasteiger partial charge in [-0.05, 0) is 0 Å². The minimum absolute atomic E-state index is 0.462. The predicted octanol–water partition coefficient (Wildman–Crippen LogP) is 9.38. The second kappa shape index (κ2) is 9.51. The normalized spacial score (nSPS) is 17.1. The van der Waals surface area contributed by atoms with Crippen molar-refractivity contribution in [3.05, 3.63) is 101 Å². The van der Waals surface area contributed by atoms with Crippen LogP contribution >= 0.6 is 0 Å². The molecule has 0 saturated carbocycles. The molecule has 0 fully saturated rings. The zero-order valence-electron chi connectivity index (χ0n) is 21.5. The van der Waals surface area contributed by atoms with Crippen molar-refractivity contribution < 1.29 is 51.1 Å². The van der Waals surface area contributed by atoms with E-state index in [4.69, 9.17) is 5.63 Å². The Morgan fingerprint density at radius 2 is 0.974 bits per heavy atom. The van der Waals surface area contributed by atoms with E-state index in [9.17, 15) is 26.3 Å². The number of alkyl halides is 6. The number of hydrogen-bond donors (Lipinski definition) is 0. The topological polar surface area (TPSA) is 18.5 Å². The van der Waals surface area contributed by atoms with Crippen LogP contribution in [0.5, 0.6) is 11.5 Å². The number of halogens is 6. The van der Waals surface area contributed by atoms with Gasteiger partial charge in [0.1, 0.15) is 0 Å². The Morgan fingerprint density at radius 3 is 1.26 bits per heavy atom. The number of benzene rings is 2. The average Bonchev–Trinajstić information content (AvgIpc) is 3.34. The first-order valence-corrected chi connectivity index (χ1v) is 18.3. The molecule has 2 aromatic rings. The third-order valence-electron chi connectivity index (χ3n) is 7.12. The van der Waals surface area contributed by atoms with Gasteiger partial charge in [0.05, 0.1) is 0 Å². The quantitative estimate of drug-likeness (QED) is 0.302. The van der Waals surface area contributed by atoms with E-state index >= 15 is 0 Å². The SMILES string of the molecule is [CH2]=[Zr]([O]c1ccccc1C(F)(F)F)([O]c1ccccc1C(F)(F)F)([C]1=C(C)CC=C1C)[C]1=C(C)CC=C1C. The fraction of sp³-hybridized carbons (Fsp3) is 0.276. The summed E-state index contributed by atoms with van der Waals surface area (Å²) >= 11 is -6.35. The van der Waals surface area contributed by atoms with Crippen molar-refractivity contribution in [2.45, 2.75) is 52.9 Å².